The van der Waals surface area contributed by atoms with Crippen molar-refractivity contribution < 1.29 is 9.53 Å². The molecule has 3 aromatic rings. The van der Waals surface area contributed by atoms with Gasteiger partial charge in [-0.05, 0) is 74.6 Å². The summed E-state index contributed by atoms with van der Waals surface area (Å²) in [6.45, 7) is 3.24. The minimum Gasteiger partial charge on any atom is -0.494 e. The van der Waals surface area contributed by atoms with Crippen molar-refractivity contribution in [3.8, 4) is 5.75 Å². The standard InChI is InChI=1S/C25H28N2O2/c1-2-3-4-5-6-7-16-29-23-12-8-10-20(17-23)19-27-25(28)22-13-14-24-21(18-22)11-9-15-26-24/h2-3,8-15,17-18H,4-7,16,19H2,1H3,(H,27,28). The van der Waals surface area contributed by atoms with Crippen molar-refractivity contribution in [3.63, 3.8) is 0 Å². The lowest BCUT2D eigenvalue weighted by atomic mass is 10.1. The first-order valence-electron chi connectivity index (χ1n) is 10.2. The zero-order chi connectivity index (χ0) is 20.3. The summed E-state index contributed by atoms with van der Waals surface area (Å²) in [5, 5.41) is 3.94. The van der Waals surface area contributed by atoms with Crippen molar-refractivity contribution in [1.82, 2.24) is 10.3 Å². The van der Waals surface area contributed by atoms with Crippen LogP contribution in [0, 0.1) is 0 Å². The smallest absolute Gasteiger partial charge is 0.251 e. The molecule has 0 unspecified atom stereocenters. The zero-order valence-electron chi connectivity index (χ0n) is 16.9. The SMILES string of the molecule is CC=CCCCCCOc1cccc(CNC(=O)c2ccc3ncccc3c2)c1. The van der Waals surface area contributed by atoms with E-state index < -0.39 is 0 Å². The van der Waals surface area contributed by atoms with E-state index in [2.05, 4.69) is 29.4 Å². The number of hydrogen-bond acceptors (Lipinski definition) is 3. The summed E-state index contributed by atoms with van der Waals surface area (Å²) in [6, 6.07) is 17.3. The number of benzene rings is 2. The topological polar surface area (TPSA) is 51.2 Å². The van der Waals surface area contributed by atoms with Crippen molar-refractivity contribution in [1.29, 1.82) is 0 Å². The van der Waals surface area contributed by atoms with Crippen LogP contribution in [-0.2, 0) is 6.54 Å². The van der Waals surface area contributed by atoms with Gasteiger partial charge in [0.05, 0.1) is 12.1 Å². The van der Waals surface area contributed by atoms with Crippen LogP contribution < -0.4 is 10.1 Å². The molecule has 29 heavy (non-hydrogen) atoms. The number of ether oxygens (including phenoxy) is 1. The minimum absolute atomic E-state index is 0.0943. The molecule has 1 N–H and O–H groups in total. The average molecular weight is 389 g/mol. The van der Waals surface area contributed by atoms with Crippen LogP contribution >= 0.6 is 0 Å². The van der Waals surface area contributed by atoms with Gasteiger partial charge in [-0.1, -0.05) is 30.4 Å². The van der Waals surface area contributed by atoms with Crippen LogP contribution in [0.1, 0.15) is 48.5 Å². The van der Waals surface area contributed by atoms with E-state index in [0.29, 0.717) is 12.1 Å². The van der Waals surface area contributed by atoms with Crippen LogP contribution in [0.15, 0.2) is 72.9 Å². The molecular formula is C25H28N2O2. The number of nitrogens with zero attached hydrogens (tertiary/aromatic N) is 1. The van der Waals surface area contributed by atoms with Gasteiger partial charge in [0, 0.05) is 23.7 Å². The van der Waals surface area contributed by atoms with E-state index >= 15 is 0 Å². The van der Waals surface area contributed by atoms with Gasteiger partial charge in [-0.3, -0.25) is 9.78 Å². The molecule has 0 fully saturated rings. The summed E-state index contributed by atoms with van der Waals surface area (Å²) >= 11 is 0. The molecule has 0 aliphatic carbocycles. The molecule has 0 spiro atoms. The number of carbonyl (C=O) groups excluding carboxylic acids is 1. The van der Waals surface area contributed by atoms with Gasteiger partial charge >= 0.3 is 0 Å². The van der Waals surface area contributed by atoms with Gasteiger partial charge in [-0.2, -0.15) is 0 Å². The summed E-state index contributed by atoms with van der Waals surface area (Å²) in [6.07, 6.45) is 10.6. The van der Waals surface area contributed by atoms with E-state index in [4.69, 9.17) is 4.74 Å². The maximum absolute atomic E-state index is 12.5. The Hall–Kier alpha value is -3.14. The average Bonchev–Trinajstić information content (AvgIpc) is 2.77. The van der Waals surface area contributed by atoms with Crippen molar-refractivity contribution in [2.75, 3.05) is 6.61 Å². The molecule has 3 rings (SSSR count). The number of nitrogens with one attached hydrogen (secondary N) is 1. The zero-order valence-corrected chi connectivity index (χ0v) is 16.9. The number of amides is 1. The summed E-state index contributed by atoms with van der Waals surface area (Å²) in [5.41, 5.74) is 2.54. The number of rotatable bonds is 10. The molecule has 0 saturated heterocycles. The molecule has 1 heterocycles. The summed E-state index contributed by atoms with van der Waals surface area (Å²) in [7, 11) is 0. The molecule has 4 heteroatoms. The van der Waals surface area contributed by atoms with Crippen LogP contribution in [-0.4, -0.2) is 17.5 Å². The van der Waals surface area contributed by atoms with Crippen molar-refractivity contribution >= 4 is 16.8 Å². The fourth-order valence-corrected chi connectivity index (χ4v) is 3.14. The largest absolute Gasteiger partial charge is 0.494 e. The first-order valence-corrected chi connectivity index (χ1v) is 10.2. The normalized spacial score (nSPS) is 11.1. The molecule has 0 aliphatic heterocycles. The lowest BCUT2D eigenvalue weighted by Gasteiger charge is -2.09. The predicted molar refractivity (Wildman–Crippen MR) is 118 cm³/mol. The van der Waals surface area contributed by atoms with Crippen LogP contribution in [0.5, 0.6) is 5.75 Å². The minimum atomic E-state index is -0.0943. The molecule has 0 aliphatic rings. The highest BCUT2D eigenvalue weighted by molar-refractivity contribution is 5.97. The Bertz CT molecular complexity index is 966. The molecule has 2 aromatic carbocycles. The van der Waals surface area contributed by atoms with Gasteiger partial charge in [0.1, 0.15) is 5.75 Å². The van der Waals surface area contributed by atoms with Crippen LogP contribution in [0.4, 0.5) is 0 Å². The molecule has 0 radical (unpaired) electrons. The van der Waals surface area contributed by atoms with Gasteiger partial charge < -0.3 is 10.1 Å². The van der Waals surface area contributed by atoms with E-state index in [1.165, 1.54) is 12.8 Å². The van der Waals surface area contributed by atoms with Gasteiger partial charge in [-0.15, -0.1) is 0 Å². The third-order valence-electron chi connectivity index (χ3n) is 4.74. The summed E-state index contributed by atoms with van der Waals surface area (Å²) < 4.78 is 5.86. The summed E-state index contributed by atoms with van der Waals surface area (Å²) in [4.78, 5) is 16.8. The summed E-state index contributed by atoms with van der Waals surface area (Å²) in [5.74, 6) is 0.755. The van der Waals surface area contributed by atoms with Gasteiger partial charge in [-0.25, -0.2) is 0 Å². The second-order valence-electron chi connectivity index (χ2n) is 7.01. The van der Waals surface area contributed by atoms with Crippen molar-refractivity contribution in [2.45, 2.75) is 39.2 Å². The third-order valence-corrected chi connectivity index (χ3v) is 4.74. The van der Waals surface area contributed by atoms with Crippen LogP contribution in [0.3, 0.4) is 0 Å². The quantitative estimate of drug-likeness (QED) is 0.359. The molecule has 1 amide bonds. The Morgan fingerprint density at radius 3 is 2.90 bits per heavy atom. The number of fused-ring (bicyclic) bond motifs is 1. The highest BCUT2D eigenvalue weighted by atomic mass is 16.5. The molecule has 4 nitrogen and oxygen atoms in total. The lowest BCUT2D eigenvalue weighted by molar-refractivity contribution is 0.0951. The third kappa shape index (κ3) is 6.46. The lowest BCUT2D eigenvalue weighted by Crippen LogP contribution is -2.22. The van der Waals surface area contributed by atoms with E-state index in [-0.39, 0.29) is 5.91 Å². The monoisotopic (exact) mass is 388 g/mol. The van der Waals surface area contributed by atoms with E-state index in [0.717, 1.165) is 41.7 Å². The molecule has 0 bridgehead atoms. The van der Waals surface area contributed by atoms with Gasteiger partial charge in [0.2, 0.25) is 0 Å². The predicted octanol–water partition coefficient (Wildman–Crippen LogP) is 5.68. The Labute approximate surface area is 172 Å². The van der Waals surface area contributed by atoms with E-state index in [1.54, 1.807) is 12.3 Å². The maximum atomic E-state index is 12.5. The molecule has 1 aromatic heterocycles. The van der Waals surface area contributed by atoms with Crippen molar-refractivity contribution in [3.05, 3.63) is 84.1 Å². The molecule has 150 valence electrons. The highest BCUT2D eigenvalue weighted by Crippen LogP contribution is 2.16. The Balaban J connectivity index is 1.47. The van der Waals surface area contributed by atoms with Crippen LogP contribution in [0.2, 0.25) is 0 Å². The Morgan fingerprint density at radius 2 is 2.00 bits per heavy atom. The van der Waals surface area contributed by atoms with E-state index in [9.17, 15) is 4.79 Å². The second kappa shape index (κ2) is 11.0. The van der Waals surface area contributed by atoms with Crippen molar-refractivity contribution in [2.24, 2.45) is 0 Å². The highest BCUT2D eigenvalue weighted by Gasteiger charge is 2.07. The first kappa shape index (κ1) is 20.6. The fourth-order valence-electron chi connectivity index (χ4n) is 3.14. The number of hydrogen-bond donors (Lipinski definition) is 1. The number of pyridine rings is 1. The van der Waals surface area contributed by atoms with Gasteiger partial charge in [0.25, 0.3) is 5.91 Å². The molecule has 0 saturated carbocycles. The fraction of sp³-hybridized carbons (Fsp3) is 0.280. The first-order chi connectivity index (χ1) is 14.3. The number of carbonyl (C=O) groups is 1. The second-order valence-corrected chi connectivity index (χ2v) is 7.01. The number of unbranched alkanes of at least 4 members (excludes halogenated alkanes) is 3. The number of allylic oxidation sites excluding steroid dienone is 2. The Kier molecular flexibility index (Phi) is 7.81. The molecular weight excluding hydrogens is 360 g/mol. The molecule has 0 atom stereocenters. The van der Waals surface area contributed by atoms with Crippen LogP contribution in [0.25, 0.3) is 10.9 Å². The number of aromatic nitrogens is 1. The van der Waals surface area contributed by atoms with E-state index in [1.807, 2.05) is 48.5 Å². The Morgan fingerprint density at radius 1 is 1.07 bits per heavy atom. The maximum Gasteiger partial charge on any atom is 0.251 e. The van der Waals surface area contributed by atoms with Gasteiger partial charge in [0.15, 0.2) is 0 Å².